The summed E-state index contributed by atoms with van der Waals surface area (Å²) in [7, 11) is -3.83. The number of nitrogens with one attached hydrogen (secondary N) is 1. The number of hydrogen-bond acceptors (Lipinski definition) is 4. The number of hydrazine groups is 1. The number of nitrogens with two attached hydrogens (primary N) is 1. The summed E-state index contributed by atoms with van der Waals surface area (Å²) in [6.07, 6.45) is 0. The fourth-order valence-corrected chi connectivity index (χ4v) is 2.60. The highest BCUT2D eigenvalue weighted by molar-refractivity contribution is 7.89. The Morgan fingerprint density at radius 2 is 1.72 bits per heavy atom. The monoisotopic (exact) mass is 266 g/mol. The molecular weight excluding hydrogens is 256 g/mol. The summed E-state index contributed by atoms with van der Waals surface area (Å²) < 4.78 is 23.4. The van der Waals surface area contributed by atoms with Crippen molar-refractivity contribution < 1.29 is 18.3 Å². The van der Waals surface area contributed by atoms with Crippen LogP contribution in [0.2, 0.25) is 0 Å². The number of carbonyl (C=O) groups is 1. The minimum atomic E-state index is -3.83. The molecule has 0 saturated heterocycles. The van der Waals surface area contributed by atoms with E-state index in [0.717, 1.165) is 0 Å². The van der Waals surface area contributed by atoms with Crippen LogP contribution in [0, 0.1) is 0 Å². The molecule has 6 nitrogen and oxygen atoms in total. The van der Waals surface area contributed by atoms with Crippen molar-refractivity contribution in [2.45, 2.75) is 4.90 Å². The number of carboxylic acids is 1. The average Bonchev–Trinajstić information content (AvgIpc) is 2.37. The zero-order valence-electron chi connectivity index (χ0n) is 9.12. The van der Waals surface area contributed by atoms with Crippen LogP contribution < -0.4 is 10.7 Å². The maximum absolute atomic E-state index is 11.7. The Kier molecular flexibility index (Phi) is 3.04. The number of hydrogen-bond donors (Lipinski definition) is 3. The third-order valence-corrected chi connectivity index (χ3v) is 3.80. The van der Waals surface area contributed by atoms with Gasteiger partial charge in [0.25, 0.3) is 10.0 Å². The highest BCUT2D eigenvalue weighted by Gasteiger charge is 2.18. The van der Waals surface area contributed by atoms with Crippen LogP contribution in [-0.2, 0) is 10.0 Å². The van der Waals surface area contributed by atoms with Gasteiger partial charge < -0.3 is 5.11 Å². The van der Waals surface area contributed by atoms with E-state index in [-0.39, 0.29) is 10.5 Å². The first-order chi connectivity index (χ1) is 8.47. The average molecular weight is 266 g/mol. The molecule has 0 aliphatic heterocycles. The number of benzene rings is 2. The van der Waals surface area contributed by atoms with E-state index < -0.39 is 16.0 Å². The van der Waals surface area contributed by atoms with Crippen molar-refractivity contribution in [3.05, 3.63) is 42.0 Å². The first-order valence-electron chi connectivity index (χ1n) is 4.95. The fourth-order valence-electron chi connectivity index (χ4n) is 1.76. The topological polar surface area (TPSA) is 109 Å². The van der Waals surface area contributed by atoms with Gasteiger partial charge in [0.1, 0.15) is 0 Å². The summed E-state index contributed by atoms with van der Waals surface area (Å²) in [5.74, 6) is 3.86. The molecule has 0 saturated carbocycles. The van der Waals surface area contributed by atoms with Crippen LogP contribution in [0.5, 0.6) is 0 Å². The molecule has 2 rings (SSSR count). The van der Waals surface area contributed by atoms with E-state index in [0.29, 0.717) is 10.8 Å². The molecule has 0 aliphatic carbocycles. The zero-order chi connectivity index (χ0) is 13.3. The van der Waals surface area contributed by atoms with Gasteiger partial charge in [-0.25, -0.2) is 13.2 Å². The summed E-state index contributed by atoms with van der Waals surface area (Å²) in [4.78, 5) is 12.7. The molecule has 7 heteroatoms. The standard InChI is InChI=1S/C11H10N2O4S/c12-13-18(16,17)10-6-5-9(11(14)15)7-3-1-2-4-8(7)10/h1-6,13H,12H2,(H,14,15). The third-order valence-electron chi connectivity index (χ3n) is 2.56. The normalized spacial score (nSPS) is 11.6. The summed E-state index contributed by atoms with van der Waals surface area (Å²) in [5, 5.41) is 9.71. The lowest BCUT2D eigenvalue weighted by atomic mass is 10.0. The first-order valence-corrected chi connectivity index (χ1v) is 6.43. The minimum Gasteiger partial charge on any atom is -0.478 e. The van der Waals surface area contributed by atoms with Crippen molar-refractivity contribution in [1.29, 1.82) is 0 Å². The molecule has 18 heavy (non-hydrogen) atoms. The highest BCUT2D eigenvalue weighted by atomic mass is 32.2. The second-order valence-electron chi connectivity index (χ2n) is 3.58. The molecule has 2 aromatic rings. The molecule has 0 unspecified atom stereocenters. The van der Waals surface area contributed by atoms with E-state index in [1.807, 2.05) is 0 Å². The van der Waals surface area contributed by atoms with Crippen LogP contribution in [0.1, 0.15) is 10.4 Å². The van der Waals surface area contributed by atoms with Crippen LogP contribution in [-0.4, -0.2) is 19.5 Å². The molecule has 0 atom stereocenters. The summed E-state index contributed by atoms with van der Waals surface area (Å²) in [6, 6.07) is 8.82. The van der Waals surface area contributed by atoms with Crippen LogP contribution >= 0.6 is 0 Å². The van der Waals surface area contributed by atoms with Gasteiger partial charge >= 0.3 is 5.97 Å². The van der Waals surface area contributed by atoms with Gasteiger partial charge in [-0.3, -0.25) is 5.84 Å². The molecule has 4 N–H and O–H groups in total. The fraction of sp³-hybridized carbons (Fsp3) is 0. The SMILES string of the molecule is NNS(=O)(=O)c1ccc(C(=O)O)c2ccccc12. The summed E-state index contributed by atoms with van der Waals surface area (Å²) in [6.45, 7) is 0. The lowest BCUT2D eigenvalue weighted by Crippen LogP contribution is -2.30. The Bertz CT molecular complexity index is 725. The molecule has 0 aromatic heterocycles. The Balaban J connectivity index is 2.89. The number of fused-ring (bicyclic) bond motifs is 1. The van der Waals surface area contributed by atoms with Gasteiger partial charge in [-0.2, -0.15) is 4.83 Å². The molecule has 0 fully saturated rings. The van der Waals surface area contributed by atoms with Gasteiger partial charge in [0.2, 0.25) is 0 Å². The first kappa shape index (κ1) is 12.5. The number of sulfonamides is 1. The lowest BCUT2D eigenvalue weighted by molar-refractivity contribution is 0.0699. The zero-order valence-corrected chi connectivity index (χ0v) is 9.94. The van der Waals surface area contributed by atoms with Gasteiger partial charge in [0, 0.05) is 5.39 Å². The molecule has 0 bridgehead atoms. The lowest BCUT2D eigenvalue weighted by Gasteiger charge is -2.08. The van der Waals surface area contributed by atoms with Gasteiger partial charge in [-0.15, -0.1) is 0 Å². The summed E-state index contributed by atoms with van der Waals surface area (Å²) in [5.41, 5.74) is 0.0431. The maximum atomic E-state index is 11.7. The molecule has 0 radical (unpaired) electrons. The second kappa shape index (κ2) is 4.37. The molecule has 0 aliphatic rings. The third kappa shape index (κ3) is 1.94. The van der Waals surface area contributed by atoms with Crippen molar-refractivity contribution in [1.82, 2.24) is 4.83 Å². The minimum absolute atomic E-state index is 0.0431. The number of rotatable bonds is 3. The van der Waals surface area contributed by atoms with Crippen molar-refractivity contribution in [2.75, 3.05) is 0 Å². The smallest absolute Gasteiger partial charge is 0.336 e. The number of carboxylic acid groups (broad SMARTS) is 1. The van der Waals surface area contributed by atoms with Crippen molar-refractivity contribution >= 4 is 26.8 Å². The Hall–Kier alpha value is -1.96. The summed E-state index contributed by atoms with van der Waals surface area (Å²) >= 11 is 0. The molecule has 0 spiro atoms. The molecule has 0 amide bonds. The van der Waals surface area contributed by atoms with E-state index in [1.165, 1.54) is 18.2 Å². The predicted molar refractivity (Wildman–Crippen MR) is 65.4 cm³/mol. The Morgan fingerprint density at radius 3 is 2.28 bits per heavy atom. The van der Waals surface area contributed by atoms with Crippen LogP contribution in [0.15, 0.2) is 41.3 Å². The maximum Gasteiger partial charge on any atom is 0.336 e. The molecule has 2 aromatic carbocycles. The van der Waals surface area contributed by atoms with E-state index in [2.05, 4.69) is 0 Å². The van der Waals surface area contributed by atoms with Gasteiger partial charge in [-0.1, -0.05) is 24.3 Å². The largest absolute Gasteiger partial charge is 0.478 e. The Labute approximate surface area is 103 Å². The van der Waals surface area contributed by atoms with E-state index in [1.54, 1.807) is 23.0 Å². The van der Waals surface area contributed by atoms with Crippen molar-refractivity contribution in [2.24, 2.45) is 5.84 Å². The van der Waals surface area contributed by atoms with Crippen molar-refractivity contribution in [3.8, 4) is 0 Å². The van der Waals surface area contributed by atoms with Crippen LogP contribution in [0.4, 0.5) is 0 Å². The quantitative estimate of drug-likeness (QED) is 0.559. The predicted octanol–water partition coefficient (Wildman–Crippen LogP) is 0.690. The van der Waals surface area contributed by atoms with Crippen molar-refractivity contribution in [3.63, 3.8) is 0 Å². The molecule has 94 valence electrons. The second-order valence-corrected chi connectivity index (χ2v) is 5.27. The van der Waals surface area contributed by atoms with Gasteiger partial charge in [0.15, 0.2) is 0 Å². The Morgan fingerprint density at radius 1 is 1.11 bits per heavy atom. The molecule has 0 heterocycles. The van der Waals surface area contributed by atoms with Gasteiger partial charge in [-0.05, 0) is 17.5 Å². The van der Waals surface area contributed by atoms with E-state index >= 15 is 0 Å². The highest BCUT2D eigenvalue weighted by Crippen LogP contribution is 2.25. The van der Waals surface area contributed by atoms with Crippen LogP contribution in [0.25, 0.3) is 10.8 Å². The van der Waals surface area contributed by atoms with E-state index in [4.69, 9.17) is 10.9 Å². The van der Waals surface area contributed by atoms with Gasteiger partial charge in [0.05, 0.1) is 10.5 Å². The molecular formula is C11H10N2O4S. The van der Waals surface area contributed by atoms with E-state index in [9.17, 15) is 13.2 Å². The number of aromatic carboxylic acids is 1. The van der Waals surface area contributed by atoms with Crippen LogP contribution in [0.3, 0.4) is 0 Å².